The fourth-order valence-electron chi connectivity index (χ4n) is 1.91. The topological polar surface area (TPSA) is 73.7 Å². The van der Waals surface area contributed by atoms with Crippen molar-refractivity contribution in [2.75, 3.05) is 49.8 Å². The second kappa shape index (κ2) is 4.49. The number of anilines is 3. The third-order valence-corrected chi connectivity index (χ3v) is 2.76. The first kappa shape index (κ1) is 10.9. The van der Waals surface area contributed by atoms with Crippen molar-refractivity contribution in [1.82, 2.24) is 0 Å². The Bertz CT molecular complexity index is 376. The van der Waals surface area contributed by atoms with Crippen molar-refractivity contribution < 1.29 is 9.47 Å². The van der Waals surface area contributed by atoms with Crippen LogP contribution in [0.1, 0.15) is 0 Å². The van der Waals surface area contributed by atoms with Gasteiger partial charge in [0.1, 0.15) is 5.69 Å². The lowest BCUT2D eigenvalue weighted by Crippen LogP contribution is -2.36. The van der Waals surface area contributed by atoms with Crippen molar-refractivity contribution in [3.8, 4) is 5.75 Å². The van der Waals surface area contributed by atoms with Crippen molar-refractivity contribution in [3.05, 3.63) is 12.1 Å². The van der Waals surface area contributed by atoms with E-state index >= 15 is 0 Å². The normalized spacial score (nSPS) is 16.2. The number of nitrogens with zero attached hydrogens (tertiary/aromatic N) is 1. The summed E-state index contributed by atoms with van der Waals surface area (Å²) >= 11 is 0. The van der Waals surface area contributed by atoms with Crippen LogP contribution in [0.25, 0.3) is 0 Å². The fourth-order valence-corrected chi connectivity index (χ4v) is 1.91. The summed E-state index contributed by atoms with van der Waals surface area (Å²) in [7, 11) is 1.57. The molecule has 0 radical (unpaired) electrons. The molecule has 0 saturated carbocycles. The van der Waals surface area contributed by atoms with Gasteiger partial charge in [-0.25, -0.2) is 0 Å². The Morgan fingerprint density at radius 2 is 1.94 bits per heavy atom. The van der Waals surface area contributed by atoms with E-state index in [4.69, 9.17) is 20.9 Å². The molecule has 1 aromatic rings. The van der Waals surface area contributed by atoms with Gasteiger partial charge in [-0.15, -0.1) is 0 Å². The highest BCUT2D eigenvalue weighted by Crippen LogP contribution is 2.37. The standard InChI is InChI=1S/C11H17N3O2/c1-15-11-8(12)2-3-9(10(11)13)14-4-6-16-7-5-14/h2-3H,4-7,12-13H2,1H3. The molecule has 0 unspecified atom stereocenters. The number of nitrogen functional groups attached to an aromatic ring is 2. The molecule has 5 heteroatoms. The molecule has 0 amide bonds. The predicted octanol–water partition coefficient (Wildman–Crippen LogP) is 0.696. The second-order valence-electron chi connectivity index (χ2n) is 3.72. The minimum Gasteiger partial charge on any atom is -0.492 e. The Labute approximate surface area is 94.9 Å². The van der Waals surface area contributed by atoms with E-state index in [-0.39, 0.29) is 0 Å². The first-order valence-corrected chi connectivity index (χ1v) is 5.28. The molecule has 1 aliphatic heterocycles. The Balaban J connectivity index is 2.33. The van der Waals surface area contributed by atoms with E-state index in [1.807, 2.05) is 12.1 Å². The molecule has 0 aliphatic carbocycles. The zero-order valence-corrected chi connectivity index (χ0v) is 9.40. The molecule has 1 aromatic carbocycles. The maximum Gasteiger partial charge on any atom is 0.166 e. The van der Waals surface area contributed by atoms with Crippen LogP contribution in [-0.4, -0.2) is 33.4 Å². The first-order valence-electron chi connectivity index (χ1n) is 5.28. The molecule has 4 N–H and O–H groups in total. The molecule has 1 heterocycles. The Morgan fingerprint density at radius 1 is 1.25 bits per heavy atom. The lowest BCUT2D eigenvalue weighted by atomic mass is 10.2. The molecule has 0 spiro atoms. The minimum atomic E-state index is 0.559. The third kappa shape index (κ3) is 1.86. The van der Waals surface area contributed by atoms with Gasteiger partial charge in [0.05, 0.1) is 31.7 Å². The zero-order chi connectivity index (χ0) is 11.5. The third-order valence-electron chi connectivity index (χ3n) is 2.76. The number of ether oxygens (including phenoxy) is 2. The van der Waals surface area contributed by atoms with Crippen molar-refractivity contribution in [2.45, 2.75) is 0 Å². The number of benzene rings is 1. The van der Waals surface area contributed by atoms with Crippen LogP contribution in [0.3, 0.4) is 0 Å². The molecule has 1 fully saturated rings. The fraction of sp³-hybridized carbons (Fsp3) is 0.455. The van der Waals surface area contributed by atoms with Gasteiger partial charge in [-0.1, -0.05) is 0 Å². The molecule has 5 nitrogen and oxygen atoms in total. The van der Waals surface area contributed by atoms with Crippen molar-refractivity contribution in [1.29, 1.82) is 0 Å². The zero-order valence-electron chi connectivity index (χ0n) is 9.40. The quantitative estimate of drug-likeness (QED) is 0.722. The number of rotatable bonds is 2. The van der Waals surface area contributed by atoms with Crippen LogP contribution in [-0.2, 0) is 4.74 Å². The van der Waals surface area contributed by atoms with Gasteiger partial charge >= 0.3 is 0 Å². The van der Waals surface area contributed by atoms with Gasteiger partial charge in [0.2, 0.25) is 0 Å². The SMILES string of the molecule is COc1c(N)ccc(N2CCOCC2)c1N. The van der Waals surface area contributed by atoms with E-state index in [1.54, 1.807) is 7.11 Å². The predicted molar refractivity (Wildman–Crippen MR) is 64.9 cm³/mol. The van der Waals surface area contributed by atoms with Crippen molar-refractivity contribution in [3.63, 3.8) is 0 Å². The van der Waals surface area contributed by atoms with Crippen LogP contribution in [0.4, 0.5) is 17.1 Å². The van der Waals surface area contributed by atoms with Gasteiger partial charge in [0.25, 0.3) is 0 Å². The van der Waals surface area contributed by atoms with Gasteiger partial charge < -0.3 is 25.8 Å². The van der Waals surface area contributed by atoms with Crippen LogP contribution in [0.15, 0.2) is 12.1 Å². The number of morpholine rings is 1. The maximum atomic E-state index is 6.04. The molecular weight excluding hydrogens is 206 g/mol. The van der Waals surface area contributed by atoms with E-state index in [2.05, 4.69) is 4.90 Å². The van der Waals surface area contributed by atoms with E-state index in [0.717, 1.165) is 32.0 Å². The summed E-state index contributed by atoms with van der Waals surface area (Å²) in [6.07, 6.45) is 0. The lowest BCUT2D eigenvalue weighted by molar-refractivity contribution is 0.123. The largest absolute Gasteiger partial charge is 0.492 e. The molecule has 2 rings (SSSR count). The van der Waals surface area contributed by atoms with Crippen LogP contribution >= 0.6 is 0 Å². The van der Waals surface area contributed by atoms with Crippen molar-refractivity contribution >= 4 is 17.1 Å². The molecule has 0 aromatic heterocycles. The van der Waals surface area contributed by atoms with E-state index < -0.39 is 0 Å². The van der Waals surface area contributed by atoms with Gasteiger partial charge in [-0.3, -0.25) is 0 Å². The van der Waals surface area contributed by atoms with Crippen LogP contribution in [0, 0.1) is 0 Å². The molecule has 0 atom stereocenters. The molecular formula is C11H17N3O2. The Hall–Kier alpha value is -1.62. The monoisotopic (exact) mass is 223 g/mol. The molecule has 1 saturated heterocycles. The highest BCUT2D eigenvalue weighted by atomic mass is 16.5. The number of methoxy groups -OCH3 is 1. The average molecular weight is 223 g/mol. The van der Waals surface area contributed by atoms with Gasteiger partial charge in [-0.05, 0) is 12.1 Å². The summed E-state index contributed by atoms with van der Waals surface area (Å²) in [5.41, 5.74) is 14.0. The van der Waals surface area contributed by atoms with Gasteiger partial charge in [0.15, 0.2) is 5.75 Å². The molecule has 88 valence electrons. The molecule has 0 bridgehead atoms. The van der Waals surface area contributed by atoms with Crippen LogP contribution in [0.2, 0.25) is 0 Å². The van der Waals surface area contributed by atoms with Crippen molar-refractivity contribution in [2.24, 2.45) is 0 Å². The van der Waals surface area contributed by atoms with Gasteiger partial charge in [-0.2, -0.15) is 0 Å². The lowest BCUT2D eigenvalue weighted by Gasteiger charge is -2.30. The highest BCUT2D eigenvalue weighted by Gasteiger charge is 2.17. The van der Waals surface area contributed by atoms with E-state index in [1.165, 1.54) is 0 Å². The Morgan fingerprint density at radius 3 is 2.56 bits per heavy atom. The summed E-state index contributed by atoms with van der Waals surface area (Å²) in [6.45, 7) is 3.15. The average Bonchev–Trinajstić information content (AvgIpc) is 2.31. The van der Waals surface area contributed by atoms with E-state index in [9.17, 15) is 0 Å². The highest BCUT2D eigenvalue weighted by molar-refractivity contribution is 5.81. The maximum absolute atomic E-state index is 6.04. The van der Waals surface area contributed by atoms with Gasteiger partial charge in [0, 0.05) is 13.1 Å². The van der Waals surface area contributed by atoms with Crippen LogP contribution < -0.4 is 21.1 Å². The number of hydrogen-bond acceptors (Lipinski definition) is 5. The number of hydrogen-bond donors (Lipinski definition) is 2. The summed E-state index contributed by atoms with van der Waals surface area (Å²) in [5, 5.41) is 0. The Kier molecular flexibility index (Phi) is 3.05. The molecule has 16 heavy (non-hydrogen) atoms. The van der Waals surface area contributed by atoms with E-state index in [0.29, 0.717) is 17.1 Å². The number of nitrogens with two attached hydrogens (primary N) is 2. The second-order valence-corrected chi connectivity index (χ2v) is 3.72. The smallest absolute Gasteiger partial charge is 0.166 e. The summed E-state index contributed by atoms with van der Waals surface area (Å²) in [4.78, 5) is 2.18. The summed E-state index contributed by atoms with van der Waals surface area (Å²) in [6, 6.07) is 3.75. The summed E-state index contributed by atoms with van der Waals surface area (Å²) < 4.78 is 10.5. The first-order chi connectivity index (χ1) is 7.74. The van der Waals surface area contributed by atoms with Crippen LogP contribution in [0.5, 0.6) is 5.75 Å². The minimum absolute atomic E-state index is 0.559. The summed E-state index contributed by atoms with van der Waals surface area (Å²) in [5.74, 6) is 0.559. The molecule has 1 aliphatic rings.